The minimum absolute atomic E-state index is 0.531. The van der Waals surface area contributed by atoms with Gasteiger partial charge in [-0.15, -0.1) is 11.3 Å². The Morgan fingerprint density at radius 2 is 1.69 bits per heavy atom. The van der Waals surface area contributed by atoms with Gasteiger partial charge in [0.2, 0.25) is 0 Å². The van der Waals surface area contributed by atoms with Crippen molar-refractivity contribution in [1.82, 2.24) is 29.7 Å². The molecule has 7 nitrogen and oxygen atoms in total. The molecule has 3 aromatic heterocycles. The summed E-state index contributed by atoms with van der Waals surface area (Å²) in [5.41, 5.74) is 12.0. The first-order valence-corrected chi connectivity index (χ1v) is 13.7. The van der Waals surface area contributed by atoms with Crippen LogP contribution in [0.4, 0.5) is 5.82 Å². The van der Waals surface area contributed by atoms with Gasteiger partial charge in [-0.1, -0.05) is 37.6 Å². The maximum Gasteiger partial charge on any atom is 0.152 e. The molecule has 4 aromatic rings. The molecule has 0 spiro atoms. The number of unbranched alkanes of at least 4 members (excludes halogenated alkanes) is 1. The Labute approximate surface area is 211 Å². The number of aryl methyl sites for hydroxylation is 1. The predicted molar refractivity (Wildman–Crippen MR) is 147 cm³/mol. The van der Waals surface area contributed by atoms with Gasteiger partial charge in [-0.2, -0.15) is 0 Å². The number of nitrogen functional groups attached to an aromatic ring is 1. The molecule has 0 amide bonds. The molecular formula is C27H37N7S. The molecule has 186 valence electrons. The first-order chi connectivity index (χ1) is 17.2. The van der Waals surface area contributed by atoms with E-state index in [9.17, 15) is 0 Å². The van der Waals surface area contributed by atoms with Crippen molar-refractivity contribution in [2.24, 2.45) is 0 Å². The van der Waals surface area contributed by atoms with Crippen LogP contribution in [0.3, 0.4) is 0 Å². The van der Waals surface area contributed by atoms with Crippen LogP contribution >= 0.6 is 11.3 Å². The summed E-state index contributed by atoms with van der Waals surface area (Å²) in [5.74, 6) is 1.64. The van der Waals surface area contributed by atoms with Crippen molar-refractivity contribution in [2.45, 2.75) is 39.3 Å². The zero-order valence-electron chi connectivity index (χ0n) is 21.0. The third-order valence-corrected chi connectivity index (χ3v) is 7.97. The minimum Gasteiger partial charge on any atom is -0.382 e. The average molecular weight is 492 g/mol. The Morgan fingerprint density at radius 1 is 0.971 bits per heavy atom. The molecule has 1 aliphatic rings. The first kappa shape index (κ1) is 24.2. The molecule has 0 atom stereocenters. The van der Waals surface area contributed by atoms with Crippen molar-refractivity contribution < 1.29 is 0 Å². The third-order valence-electron chi connectivity index (χ3n) is 7.06. The number of benzene rings is 1. The summed E-state index contributed by atoms with van der Waals surface area (Å²) in [7, 11) is 2.02. The fourth-order valence-electron chi connectivity index (χ4n) is 4.99. The van der Waals surface area contributed by atoms with Gasteiger partial charge in [0, 0.05) is 58.8 Å². The van der Waals surface area contributed by atoms with Gasteiger partial charge in [0.15, 0.2) is 5.82 Å². The molecule has 0 unspecified atom stereocenters. The second-order valence-electron chi connectivity index (χ2n) is 9.58. The van der Waals surface area contributed by atoms with E-state index in [1.54, 1.807) is 11.3 Å². The molecule has 1 saturated heterocycles. The molecule has 0 saturated carbocycles. The number of rotatable bonds is 10. The van der Waals surface area contributed by atoms with E-state index in [0.717, 1.165) is 94.0 Å². The van der Waals surface area contributed by atoms with E-state index in [2.05, 4.69) is 61.2 Å². The number of thiophene rings is 1. The highest BCUT2D eigenvalue weighted by atomic mass is 32.1. The van der Waals surface area contributed by atoms with Gasteiger partial charge in [-0.3, -0.25) is 9.80 Å². The molecular weight excluding hydrogens is 454 g/mol. The number of hydrogen-bond donors (Lipinski definition) is 2. The Kier molecular flexibility index (Phi) is 7.63. The third kappa shape index (κ3) is 5.35. The van der Waals surface area contributed by atoms with Gasteiger partial charge in [-0.25, -0.2) is 9.97 Å². The zero-order chi connectivity index (χ0) is 24.2. The summed E-state index contributed by atoms with van der Waals surface area (Å²) < 4.78 is 3.55. The fraction of sp³-hybridized carbons (Fsp3) is 0.481. The van der Waals surface area contributed by atoms with Crippen LogP contribution in [-0.2, 0) is 19.5 Å². The number of pyridine rings is 1. The van der Waals surface area contributed by atoms with Gasteiger partial charge < -0.3 is 15.6 Å². The topological polar surface area (TPSA) is 75.2 Å². The lowest BCUT2D eigenvalue weighted by molar-refractivity contribution is 0.128. The van der Waals surface area contributed by atoms with Crippen molar-refractivity contribution in [3.05, 3.63) is 52.7 Å². The van der Waals surface area contributed by atoms with Crippen LogP contribution in [0, 0.1) is 0 Å². The molecule has 3 N–H and O–H groups in total. The second-order valence-corrected chi connectivity index (χ2v) is 10.5. The van der Waals surface area contributed by atoms with Gasteiger partial charge in [0.25, 0.3) is 0 Å². The van der Waals surface area contributed by atoms with E-state index in [4.69, 9.17) is 10.7 Å². The number of likely N-dealkylation sites (N-methyl/N-ethyl adjacent to an activating group) is 1. The van der Waals surface area contributed by atoms with Crippen LogP contribution in [0.5, 0.6) is 0 Å². The number of hydrogen-bond acceptors (Lipinski definition) is 7. The number of fused-ring (bicyclic) bond motifs is 3. The van der Waals surface area contributed by atoms with Crippen LogP contribution in [-0.4, -0.2) is 70.7 Å². The summed E-state index contributed by atoms with van der Waals surface area (Å²) in [6, 6.07) is 11.2. The van der Waals surface area contributed by atoms with Crippen molar-refractivity contribution in [2.75, 3.05) is 52.0 Å². The monoisotopic (exact) mass is 491 g/mol. The molecule has 8 heteroatoms. The molecule has 1 aliphatic heterocycles. The molecule has 0 bridgehead atoms. The lowest BCUT2D eigenvalue weighted by Gasteiger charge is -2.34. The lowest BCUT2D eigenvalue weighted by Crippen LogP contribution is -2.47. The van der Waals surface area contributed by atoms with Crippen LogP contribution in [0.2, 0.25) is 0 Å². The standard InChI is InChI=1S/C27H37N7S/c1-3-4-5-23-31-24-25(26-22(10-17-35-26)30-27(24)28)34(23)19-21-8-6-20(7-9-21)18-33-15-13-32(14-16-33)12-11-29-2/h6-10,17,29H,3-5,11-16,18-19H2,1-2H3,(H2,28,30). The van der Waals surface area contributed by atoms with E-state index >= 15 is 0 Å². The number of nitrogens with two attached hydrogens (primary N) is 1. The molecule has 5 rings (SSSR count). The number of imidazole rings is 1. The summed E-state index contributed by atoms with van der Waals surface area (Å²) >= 11 is 1.72. The zero-order valence-corrected chi connectivity index (χ0v) is 21.8. The van der Waals surface area contributed by atoms with Crippen molar-refractivity contribution in [1.29, 1.82) is 0 Å². The summed E-state index contributed by atoms with van der Waals surface area (Å²) in [4.78, 5) is 14.7. The Bertz CT molecular complexity index is 1250. The van der Waals surface area contributed by atoms with Gasteiger partial charge >= 0.3 is 0 Å². The molecule has 35 heavy (non-hydrogen) atoms. The Hall–Kier alpha value is -2.52. The average Bonchev–Trinajstić information content (AvgIpc) is 3.48. The molecule has 1 fully saturated rings. The summed E-state index contributed by atoms with van der Waals surface area (Å²) in [6.07, 6.45) is 3.21. The fourth-order valence-corrected chi connectivity index (χ4v) is 5.87. The van der Waals surface area contributed by atoms with E-state index in [1.165, 1.54) is 15.8 Å². The van der Waals surface area contributed by atoms with E-state index in [-0.39, 0.29) is 0 Å². The largest absolute Gasteiger partial charge is 0.382 e. The number of aromatic nitrogens is 3. The number of nitrogens with zero attached hydrogens (tertiary/aromatic N) is 5. The van der Waals surface area contributed by atoms with Gasteiger partial charge in [0.05, 0.1) is 15.7 Å². The molecule has 4 heterocycles. The smallest absolute Gasteiger partial charge is 0.152 e. The maximum absolute atomic E-state index is 6.33. The molecule has 0 radical (unpaired) electrons. The highest BCUT2D eigenvalue weighted by Gasteiger charge is 2.19. The highest BCUT2D eigenvalue weighted by molar-refractivity contribution is 7.18. The van der Waals surface area contributed by atoms with Gasteiger partial charge in [-0.05, 0) is 36.0 Å². The highest BCUT2D eigenvalue weighted by Crippen LogP contribution is 2.33. The normalized spacial score (nSPS) is 15.5. The SMILES string of the molecule is CCCCc1nc2c(N)nc3ccsc3c2n1Cc1ccc(CN2CCN(CCNC)CC2)cc1. The first-order valence-electron chi connectivity index (χ1n) is 12.8. The second kappa shape index (κ2) is 11.0. The molecule has 1 aromatic carbocycles. The van der Waals surface area contributed by atoms with Crippen LogP contribution in [0.15, 0.2) is 35.7 Å². The Morgan fingerprint density at radius 3 is 2.40 bits per heavy atom. The van der Waals surface area contributed by atoms with E-state index in [0.29, 0.717) is 5.82 Å². The van der Waals surface area contributed by atoms with E-state index in [1.807, 2.05) is 13.1 Å². The number of nitrogens with one attached hydrogen (secondary N) is 1. The van der Waals surface area contributed by atoms with Crippen LogP contribution in [0.25, 0.3) is 21.3 Å². The van der Waals surface area contributed by atoms with E-state index < -0.39 is 0 Å². The maximum atomic E-state index is 6.33. The minimum atomic E-state index is 0.531. The summed E-state index contributed by atoms with van der Waals surface area (Å²) in [6.45, 7) is 10.8. The lowest BCUT2D eigenvalue weighted by atomic mass is 10.1. The van der Waals surface area contributed by atoms with Crippen molar-refractivity contribution in [3.8, 4) is 0 Å². The van der Waals surface area contributed by atoms with Crippen molar-refractivity contribution in [3.63, 3.8) is 0 Å². The number of anilines is 1. The predicted octanol–water partition coefficient (Wildman–Crippen LogP) is 3.96. The van der Waals surface area contributed by atoms with Crippen LogP contribution in [0.1, 0.15) is 36.7 Å². The summed E-state index contributed by atoms with van der Waals surface area (Å²) in [5, 5.41) is 5.34. The quantitative estimate of drug-likeness (QED) is 0.350. The van der Waals surface area contributed by atoms with Gasteiger partial charge in [0.1, 0.15) is 11.3 Å². The Balaban J connectivity index is 1.33. The molecule has 0 aliphatic carbocycles. The van der Waals surface area contributed by atoms with Crippen molar-refractivity contribution >= 4 is 38.4 Å². The number of piperazine rings is 1. The van der Waals surface area contributed by atoms with Crippen LogP contribution < -0.4 is 11.1 Å².